The number of para-hydroxylation sites is 1. The van der Waals surface area contributed by atoms with Gasteiger partial charge in [-0.1, -0.05) is 49.6 Å². The van der Waals surface area contributed by atoms with Crippen molar-refractivity contribution in [2.45, 2.75) is 44.6 Å². The second-order valence-corrected chi connectivity index (χ2v) is 8.35. The highest BCUT2D eigenvalue weighted by molar-refractivity contribution is 5.94. The summed E-state index contributed by atoms with van der Waals surface area (Å²) in [5, 5.41) is 0. The van der Waals surface area contributed by atoms with E-state index < -0.39 is 0 Å². The van der Waals surface area contributed by atoms with E-state index in [2.05, 4.69) is 41.3 Å². The average Bonchev–Trinajstić information content (AvgIpc) is 2.80. The van der Waals surface area contributed by atoms with Crippen LogP contribution < -0.4 is 4.90 Å². The lowest BCUT2D eigenvalue weighted by molar-refractivity contribution is 0.0785. The molecule has 0 unspecified atom stereocenters. The van der Waals surface area contributed by atoms with Crippen molar-refractivity contribution in [2.75, 3.05) is 38.3 Å². The zero-order valence-corrected chi connectivity index (χ0v) is 17.5. The minimum Gasteiger partial charge on any atom is -0.378 e. The summed E-state index contributed by atoms with van der Waals surface area (Å²) >= 11 is 0. The summed E-state index contributed by atoms with van der Waals surface area (Å²) < 4.78 is 5.49. The van der Waals surface area contributed by atoms with Crippen LogP contribution >= 0.6 is 0 Å². The maximum Gasteiger partial charge on any atom is 0.253 e. The van der Waals surface area contributed by atoms with Gasteiger partial charge in [0.2, 0.25) is 0 Å². The molecule has 29 heavy (non-hydrogen) atoms. The van der Waals surface area contributed by atoms with Crippen molar-refractivity contribution in [1.82, 2.24) is 4.90 Å². The van der Waals surface area contributed by atoms with Crippen molar-refractivity contribution in [3.05, 3.63) is 65.2 Å². The van der Waals surface area contributed by atoms with E-state index in [1.165, 1.54) is 48.9 Å². The van der Waals surface area contributed by atoms with Gasteiger partial charge in [0.1, 0.15) is 0 Å². The van der Waals surface area contributed by atoms with Crippen molar-refractivity contribution in [2.24, 2.45) is 0 Å². The van der Waals surface area contributed by atoms with Gasteiger partial charge in [-0.25, -0.2) is 0 Å². The van der Waals surface area contributed by atoms with Crippen LogP contribution in [0, 0.1) is 0 Å². The number of benzene rings is 2. The molecule has 1 amide bonds. The number of rotatable bonds is 5. The number of ether oxygens (including phenoxy) is 1. The summed E-state index contributed by atoms with van der Waals surface area (Å²) in [6.45, 7) is 3.93. The monoisotopic (exact) mass is 392 g/mol. The first kappa shape index (κ1) is 20.0. The van der Waals surface area contributed by atoms with E-state index >= 15 is 0 Å². The fraction of sp³-hybridized carbons (Fsp3) is 0.480. The lowest BCUT2D eigenvalue weighted by Gasteiger charge is -2.31. The van der Waals surface area contributed by atoms with Crippen LogP contribution in [0.5, 0.6) is 0 Å². The Bertz CT molecular complexity index is 806. The number of hydrogen-bond donors (Lipinski definition) is 0. The highest BCUT2D eigenvalue weighted by Gasteiger charge is 2.19. The molecule has 1 aliphatic carbocycles. The SMILES string of the molecule is CN(Cc1ccccc1N1CCOCC1)C(=O)c1ccc(C2CCCCC2)cc1. The summed E-state index contributed by atoms with van der Waals surface area (Å²) in [7, 11) is 1.90. The molecule has 1 aliphatic heterocycles. The molecular weight excluding hydrogens is 360 g/mol. The molecule has 0 atom stereocenters. The predicted octanol–water partition coefficient (Wildman–Crippen LogP) is 4.84. The quantitative estimate of drug-likeness (QED) is 0.730. The smallest absolute Gasteiger partial charge is 0.253 e. The Morgan fingerprint density at radius 1 is 1.00 bits per heavy atom. The lowest BCUT2D eigenvalue weighted by Crippen LogP contribution is -2.37. The number of carbonyl (C=O) groups is 1. The molecule has 0 spiro atoms. The number of hydrogen-bond acceptors (Lipinski definition) is 3. The Morgan fingerprint density at radius 2 is 1.69 bits per heavy atom. The highest BCUT2D eigenvalue weighted by atomic mass is 16.5. The Balaban J connectivity index is 1.43. The van der Waals surface area contributed by atoms with Crippen LogP contribution in [-0.2, 0) is 11.3 Å². The van der Waals surface area contributed by atoms with Crippen LogP contribution in [0.25, 0.3) is 0 Å². The molecule has 4 heteroatoms. The van der Waals surface area contributed by atoms with Gasteiger partial charge < -0.3 is 14.5 Å². The van der Waals surface area contributed by atoms with E-state index in [-0.39, 0.29) is 5.91 Å². The van der Waals surface area contributed by atoms with Crippen LogP contribution in [0.3, 0.4) is 0 Å². The molecule has 0 radical (unpaired) electrons. The van der Waals surface area contributed by atoms with Gasteiger partial charge in [0.05, 0.1) is 13.2 Å². The molecule has 2 fully saturated rings. The normalized spacial score (nSPS) is 17.9. The maximum absolute atomic E-state index is 13.0. The van der Waals surface area contributed by atoms with Gasteiger partial charge in [0.15, 0.2) is 0 Å². The first-order valence-electron chi connectivity index (χ1n) is 11.0. The van der Waals surface area contributed by atoms with Crippen LogP contribution in [0.15, 0.2) is 48.5 Å². The Hall–Kier alpha value is -2.33. The second-order valence-electron chi connectivity index (χ2n) is 8.35. The predicted molar refractivity (Wildman–Crippen MR) is 118 cm³/mol. The minimum absolute atomic E-state index is 0.0805. The molecule has 2 aromatic rings. The van der Waals surface area contributed by atoms with E-state index in [0.717, 1.165) is 31.9 Å². The second kappa shape index (κ2) is 9.45. The molecule has 0 aromatic heterocycles. The first-order valence-corrected chi connectivity index (χ1v) is 11.0. The summed E-state index contributed by atoms with van der Waals surface area (Å²) in [4.78, 5) is 17.2. The van der Waals surface area contributed by atoms with Gasteiger partial charge >= 0.3 is 0 Å². The van der Waals surface area contributed by atoms with Gasteiger partial charge in [0.25, 0.3) is 5.91 Å². The summed E-state index contributed by atoms with van der Waals surface area (Å²) in [6.07, 6.45) is 6.59. The van der Waals surface area contributed by atoms with Crippen LogP contribution in [0.4, 0.5) is 5.69 Å². The van der Waals surface area contributed by atoms with Gasteiger partial charge in [-0.05, 0) is 48.1 Å². The molecule has 4 nitrogen and oxygen atoms in total. The summed E-state index contributed by atoms with van der Waals surface area (Å²) in [5.41, 5.74) is 4.56. The first-order chi connectivity index (χ1) is 14.2. The lowest BCUT2D eigenvalue weighted by atomic mass is 9.84. The van der Waals surface area contributed by atoms with Crippen molar-refractivity contribution >= 4 is 11.6 Å². The fourth-order valence-corrected chi connectivity index (χ4v) is 4.64. The molecule has 1 saturated heterocycles. The van der Waals surface area contributed by atoms with E-state index in [4.69, 9.17) is 4.74 Å². The zero-order chi connectivity index (χ0) is 20.1. The average molecular weight is 393 g/mol. The number of carbonyl (C=O) groups excluding carboxylic acids is 1. The van der Waals surface area contributed by atoms with Crippen molar-refractivity contribution in [3.8, 4) is 0 Å². The molecule has 1 saturated carbocycles. The van der Waals surface area contributed by atoms with Crippen LogP contribution in [-0.4, -0.2) is 44.2 Å². The highest BCUT2D eigenvalue weighted by Crippen LogP contribution is 2.32. The van der Waals surface area contributed by atoms with E-state index in [1.807, 2.05) is 24.1 Å². The molecule has 154 valence electrons. The zero-order valence-electron chi connectivity index (χ0n) is 17.5. The topological polar surface area (TPSA) is 32.8 Å². The number of morpholine rings is 1. The third-order valence-electron chi connectivity index (χ3n) is 6.33. The third kappa shape index (κ3) is 4.81. The van der Waals surface area contributed by atoms with Crippen LogP contribution in [0.2, 0.25) is 0 Å². The number of nitrogens with zero attached hydrogens (tertiary/aromatic N) is 2. The van der Waals surface area contributed by atoms with Crippen molar-refractivity contribution < 1.29 is 9.53 Å². The number of amides is 1. The Morgan fingerprint density at radius 3 is 2.41 bits per heavy atom. The molecule has 0 N–H and O–H groups in total. The van der Waals surface area contributed by atoms with Crippen LogP contribution in [0.1, 0.15) is 59.5 Å². The molecule has 2 aliphatic rings. The number of anilines is 1. The van der Waals surface area contributed by atoms with Gasteiger partial charge in [-0.15, -0.1) is 0 Å². The van der Waals surface area contributed by atoms with E-state index in [1.54, 1.807) is 0 Å². The molecule has 1 heterocycles. The molecular formula is C25H32N2O2. The third-order valence-corrected chi connectivity index (χ3v) is 6.33. The Labute approximate surface area is 174 Å². The summed E-state index contributed by atoms with van der Waals surface area (Å²) in [5.74, 6) is 0.753. The van der Waals surface area contributed by atoms with Gasteiger partial charge in [-0.3, -0.25) is 4.79 Å². The van der Waals surface area contributed by atoms with Gasteiger partial charge in [-0.2, -0.15) is 0 Å². The van der Waals surface area contributed by atoms with E-state index in [9.17, 15) is 4.79 Å². The van der Waals surface area contributed by atoms with Crippen molar-refractivity contribution in [1.29, 1.82) is 0 Å². The Kier molecular flexibility index (Phi) is 6.50. The van der Waals surface area contributed by atoms with E-state index in [0.29, 0.717) is 12.5 Å². The maximum atomic E-state index is 13.0. The molecule has 4 rings (SSSR count). The molecule has 0 bridgehead atoms. The largest absolute Gasteiger partial charge is 0.378 e. The molecule has 2 aromatic carbocycles. The minimum atomic E-state index is 0.0805. The fourth-order valence-electron chi connectivity index (χ4n) is 4.64. The van der Waals surface area contributed by atoms with Crippen molar-refractivity contribution in [3.63, 3.8) is 0 Å². The standard InChI is InChI=1S/C25H32N2O2/c1-26(19-23-9-5-6-10-24(23)27-15-17-29-18-16-27)25(28)22-13-11-21(12-14-22)20-7-3-2-4-8-20/h5-6,9-14,20H,2-4,7-8,15-19H2,1H3. The van der Waals surface area contributed by atoms with Gasteiger partial charge in [0, 0.05) is 37.9 Å². The summed E-state index contributed by atoms with van der Waals surface area (Å²) in [6, 6.07) is 16.8.